The van der Waals surface area contributed by atoms with Gasteiger partial charge in [0, 0.05) is 12.1 Å². The summed E-state index contributed by atoms with van der Waals surface area (Å²) in [6.07, 6.45) is 2.59. The van der Waals surface area contributed by atoms with Gasteiger partial charge in [0.25, 0.3) is 5.91 Å². The van der Waals surface area contributed by atoms with Crippen LogP contribution in [-0.4, -0.2) is 12.5 Å². The monoisotopic (exact) mass is 189 g/mol. The highest BCUT2D eigenvalue weighted by atomic mass is 16.1. The Bertz CT molecular complexity index is 331. The standard InChI is InChI=1S/C12H15NO/c1-3-4-8-13-12(14)11-7-5-6-10(2)9-11/h3,5-7,9H,1,4,8H2,2H3,(H,13,14). The average molecular weight is 189 g/mol. The summed E-state index contributed by atoms with van der Waals surface area (Å²) in [5.41, 5.74) is 1.82. The van der Waals surface area contributed by atoms with Crippen molar-refractivity contribution in [2.75, 3.05) is 6.54 Å². The highest BCUT2D eigenvalue weighted by molar-refractivity contribution is 5.94. The van der Waals surface area contributed by atoms with Gasteiger partial charge in [-0.3, -0.25) is 4.79 Å². The molecule has 74 valence electrons. The Morgan fingerprint density at radius 2 is 2.36 bits per heavy atom. The normalized spacial score (nSPS) is 9.50. The molecule has 1 aromatic carbocycles. The Kier molecular flexibility index (Phi) is 3.92. The number of amides is 1. The van der Waals surface area contributed by atoms with Crippen molar-refractivity contribution in [2.24, 2.45) is 0 Å². The maximum absolute atomic E-state index is 11.5. The molecular weight excluding hydrogens is 174 g/mol. The second-order valence-electron chi connectivity index (χ2n) is 3.20. The van der Waals surface area contributed by atoms with E-state index in [1.165, 1.54) is 0 Å². The van der Waals surface area contributed by atoms with Gasteiger partial charge >= 0.3 is 0 Å². The van der Waals surface area contributed by atoms with E-state index in [0.717, 1.165) is 12.0 Å². The molecule has 0 fully saturated rings. The van der Waals surface area contributed by atoms with Crippen molar-refractivity contribution in [3.05, 3.63) is 48.0 Å². The minimum atomic E-state index is -0.0180. The molecule has 2 heteroatoms. The highest BCUT2D eigenvalue weighted by Gasteiger charge is 2.02. The summed E-state index contributed by atoms with van der Waals surface area (Å²) >= 11 is 0. The van der Waals surface area contributed by atoms with Crippen molar-refractivity contribution in [3.8, 4) is 0 Å². The minimum absolute atomic E-state index is 0.0180. The summed E-state index contributed by atoms with van der Waals surface area (Å²) in [7, 11) is 0. The summed E-state index contributed by atoms with van der Waals surface area (Å²) in [4.78, 5) is 11.5. The number of nitrogens with one attached hydrogen (secondary N) is 1. The van der Waals surface area contributed by atoms with E-state index in [9.17, 15) is 4.79 Å². The largest absolute Gasteiger partial charge is 0.352 e. The van der Waals surface area contributed by atoms with E-state index < -0.39 is 0 Å². The SMILES string of the molecule is C=CCCNC(=O)c1cccc(C)c1. The third-order valence-corrected chi connectivity index (χ3v) is 1.91. The van der Waals surface area contributed by atoms with Crippen molar-refractivity contribution >= 4 is 5.91 Å². The Morgan fingerprint density at radius 1 is 1.57 bits per heavy atom. The van der Waals surface area contributed by atoms with Crippen LogP contribution in [-0.2, 0) is 0 Å². The van der Waals surface area contributed by atoms with Gasteiger partial charge in [0.15, 0.2) is 0 Å². The maximum atomic E-state index is 11.5. The zero-order valence-corrected chi connectivity index (χ0v) is 8.42. The lowest BCUT2D eigenvalue weighted by Gasteiger charge is -2.03. The zero-order valence-electron chi connectivity index (χ0n) is 8.42. The number of hydrogen-bond donors (Lipinski definition) is 1. The summed E-state index contributed by atoms with van der Waals surface area (Å²) in [6, 6.07) is 7.55. The molecule has 0 saturated carbocycles. The van der Waals surface area contributed by atoms with E-state index in [2.05, 4.69) is 11.9 Å². The van der Waals surface area contributed by atoms with Crippen LogP contribution >= 0.6 is 0 Å². The lowest BCUT2D eigenvalue weighted by atomic mass is 10.1. The number of rotatable bonds is 4. The van der Waals surface area contributed by atoms with Gasteiger partial charge in [0.1, 0.15) is 0 Å². The Morgan fingerprint density at radius 3 is 3.00 bits per heavy atom. The number of carbonyl (C=O) groups excluding carboxylic acids is 1. The molecule has 0 atom stereocenters. The van der Waals surface area contributed by atoms with Gasteiger partial charge in [0.05, 0.1) is 0 Å². The van der Waals surface area contributed by atoms with Crippen LogP contribution in [0.5, 0.6) is 0 Å². The Balaban J connectivity index is 2.56. The fourth-order valence-electron chi connectivity index (χ4n) is 1.18. The van der Waals surface area contributed by atoms with E-state index in [-0.39, 0.29) is 5.91 Å². The van der Waals surface area contributed by atoms with Crippen molar-refractivity contribution < 1.29 is 4.79 Å². The first-order valence-electron chi connectivity index (χ1n) is 4.70. The van der Waals surface area contributed by atoms with Gasteiger partial charge in [0.2, 0.25) is 0 Å². The fraction of sp³-hybridized carbons (Fsp3) is 0.250. The van der Waals surface area contributed by atoms with Crippen LogP contribution in [0.2, 0.25) is 0 Å². The molecule has 2 nitrogen and oxygen atoms in total. The van der Waals surface area contributed by atoms with Crippen LogP contribution in [0.4, 0.5) is 0 Å². The Labute approximate surface area is 84.6 Å². The smallest absolute Gasteiger partial charge is 0.251 e. The number of benzene rings is 1. The third-order valence-electron chi connectivity index (χ3n) is 1.91. The third kappa shape index (κ3) is 3.05. The van der Waals surface area contributed by atoms with Gasteiger partial charge in [-0.15, -0.1) is 6.58 Å². The molecule has 1 aromatic rings. The fourth-order valence-corrected chi connectivity index (χ4v) is 1.18. The molecule has 14 heavy (non-hydrogen) atoms. The molecule has 0 aliphatic carbocycles. The van der Waals surface area contributed by atoms with E-state index in [4.69, 9.17) is 0 Å². The average Bonchev–Trinajstić information content (AvgIpc) is 2.18. The molecule has 0 spiro atoms. The quantitative estimate of drug-likeness (QED) is 0.571. The molecule has 0 heterocycles. The van der Waals surface area contributed by atoms with E-state index in [1.54, 1.807) is 6.08 Å². The van der Waals surface area contributed by atoms with Gasteiger partial charge in [-0.05, 0) is 25.5 Å². The van der Waals surface area contributed by atoms with Crippen LogP contribution in [0.1, 0.15) is 22.3 Å². The first-order chi connectivity index (χ1) is 6.74. The minimum Gasteiger partial charge on any atom is -0.352 e. The first-order valence-corrected chi connectivity index (χ1v) is 4.70. The van der Waals surface area contributed by atoms with Gasteiger partial charge in [-0.1, -0.05) is 23.8 Å². The summed E-state index contributed by atoms with van der Waals surface area (Å²) in [5.74, 6) is -0.0180. The molecule has 1 N–H and O–H groups in total. The summed E-state index contributed by atoms with van der Waals surface area (Å²) < 4.78 is 0. The molecule has 0 unspecified atom stereocenters. The number of hydrogen-bond acceptors (Lipinski definition) is 1. The van der Waals surface area contributed by atoms with Crippen molar-refractivity contribution in [2.45, 2.75) is 13.3 Å². The molecule has 0 aliphatic heterocycles. The van der Waals surface area contributed by atoms with Crippen LogP contribution in [0.15, 0.2) is 36.9 Å². The second kappa shape index (κ2) is 5.22. The van der Waals surface area contributed by atoms with Gasteiger partial charge in [-0.25, -0.2) is 0 Å². The summed E-state index contributed by atoms with van der Waals surface area (Å²) in [6.45, 7) is 6.21. The number of aryl methyl sites for hydroxylation is 1. The van der Waals surface area contributed by atoms with Crippen LogP contribution in [0.3, 0.4) is 0 Å². The maximum Gasteiger partial charge on any atom is 0.251 e. The lowest BCUT2D eigenvalue weighted by Crippen LogP contribution is -2.24. The van der Waals surface area contributed by atoms with Crippen molar-refractivity contribution in [1.82, 2.24) is 5.32 Å². The highest BCUT2D eigenvalue weighted by Crippen LogP contribution is 2.03. The molecule has 0 bridgehead atoms. The molecular formula is C12H15NO. The predicted molar refractivity (Wildman–Crippen MR) is 58.3 cm³/mol. The zero-order chi connectivity index (χ0) is 10.4. The van der Waals surface area contributed by atoms with E-state index in [0.29, 0.717) is 12.1 Å². The molecule has 1 rings (SSSR count). The Hall–Kier alpha value is -1.57. The van der Waals surface area contributed by atoms with Crippen LogP contribution < -0.4 is 5.32 Å². The van der Waals surface area contributed by atoms with Crippen molar-refractivity contribution in [1.29, 1.82) is 0 Å². The van der Waals surface area contributed by atoms with Crippen LogP contribution in [0.25, 0.3) is 0 Å². The lowest BCUT2D eigenvalue weighted by molar-refractivity contribution is 0.0954. The second-order valence-corrected chi connectivity index (χ2v) is 3.20. The molecule has 0 aliphatic rings. The topological polar surface area (TPSA) is 29.1 Å². The van der Waals surface area contributed by atoms with Crippen molar-refractivity contribution in [3.63, 3.8) is 0 Å². The summed E-state index contributed by atoms with van der Waals surface area (Å²) in [5, 5.41) is 2.82. The molecule has 1 amide bonds. The van der Waals surface area contributed by atoms with E-state index >= 15 is 0 Å². The molecule has 0 aromatic heterocycles. The van der Waals surface area contributed by atoms with Crippen LogP contribution in [0, 0.1) is 6.92 Å². The first kappa shape index (κ1) is 10.5. The predicted octanol–water partition coefficient (Wildman–Crippen LogP) is 2.30. The number of carbonyl (C=O) groups is 1. The van der Waals surface area contributed by atoms with Gasteiger partial charge < -0.3 is 5.32 Å². The molecule has 0 radical (unpaired) electrons. The van der Waals surface area contributed by atoms with Gasteiger partial charge in [-0.2, -0.15) is 0 Å². The molecule has 0 saturated heterocycles. The van der Waals surface area contributed by atoms with E-state index in [1.807, 2.05) is 31.2 Å².